The average Bonchev–Trinajstić information content (AvgIpc) is 2.53. The quantitative estimate of drug-likeness (QED) is 0.891. The molecule has 1 amide bonds. The van der Waals surface area contributed by atoms with Gasteiger partial charge in [-0.1, -0.05) is 18.2 Å². The van der Waals surface area contributed by atoms with Crippen molar-refractivity contribution in [1.82, 2.24) is 10.6 Å². The summed E-state index contributed by atoms with van der Waals surface area (Å²) in [7, 11) is 0. The number of fused-ring (bicyclic) bond motifs is 1. The lowest BCUT2D eigenvalue weighted by molar-refractivity contribution is -0.126. The van der Waals surface area contributed by atoms with Crippen LogP contribution in [0.2, 0.25) is 0 Å². The van der Waals surface area contributed by atoms with Crippen molar-refractivity contribution in [2.75, 3.05) is 19.7 Å². The van der Waals surface area contributed by atoms with Crippen molar-refractivity contribution in [2.45, 2.75) is 32.2 Å². The van der Waals surface area contributed by atoms with Gasteiger partial charge in [0.2, 0.25) is 5.91 Å². The smallest absolute Gasteiger partial charge is 0.226 e. The van der Waals surface area contributed by atoms with Crippen molar-refractivity contribution < 1.29 is 9.53 Å². The monoisotopic (exact) mass is 288 g/mol. The molecule has 2 N–H and O–H groups in total. The number of nitrogens with one attached hydrogen (secondary N) is 2. The molecule has 114 valence electrons. The van der Waals surface area contributed by atoms with Gasteiger partial charge in [0.25, 0.3) is 0 Å². The van der Waals surface area contributed by atoms with E-state index in [9.17, 15) is 4.79 Å². The van der Waals surface area contributed by atoms with Crippen LogP contribution in [0.1, 0.15) is 25.3 Å². The van der Waals surface area contributed by atoms with Crippen molar-refractivity contribution in [2.24, 2.45) is 11.8 Å². The molecule has 1 aromatic carbocycles. The molecule has 0 aliphatic carbocycles. The number of piperidine rings is 1. The molecule has 3 rings (SSSR count). The molecule has 2 heterocycles. The molecule has 1 fully saturated rings. The van der Waals surface area contributed by atoms with Gasteiger partial charge in [0.05, 0.1) is 5.92 Å². The van der Waals surface area contributed by atoms with Crippen LogP contribution in [0.25, 0.3) is 0 Å². The molecular weight excluding hydrogens is 264 g/mol. The minimum Gasteiger partial charge on any atom is -0.492 e. The Kier molecular flexibility index (Phi) is 4.44. The standard InChI is InChI=1S/C17H24N2O2/c1-12-6-7-13(9-18-12)10-19-17(20)15-8-14-4-2-3-5-16(14)21-11-15/h2-5,12-13,15,18H,6-11H2,1H3,(H,19,20). The molecule has 3 atom stereocenters. The number of rotatable bonds is 3. The average molecular weight is 288 g/mol. The van der Waals surface area contributed by atoms with Crippen molar-refractivity contribution in [3.8, 4) is 5.75 Å². The fourth-order valence-corrected chi connectivity index (χ4v) is 3.12. The van der Waals surface area contributed by atoms with Gasteiger partial charge >= 0.3 is 0 Å². The second kappa shape index (κ2) is 6.48. The van der Waals surface area contributed by atoms with Gasteiger partial charge in [-0.2, -0.15) is 0 Å². The van der Waals surface area contributed by atoms with E-state index in [2.05, 4.69) is 17.6 Å². The van der Waals surface area contributed by atoms with E-state index in [1.807, 2.05) is 24.3 Å². The van der Waals surface area contributed by atoms with E-state index in [0.29, 0.717) is 18.6 Å². The normalized spacial score (nSPS) is 28.3. The van der Waals surface area contributed by atoms with Crippen LogP contribution in [0.4, 0.5) is 0 Å². The number of para-hydroxylation sites is 1. The Balaban J connectivity index is 1.48. The lowest BCUT2D eigenvalue weighted by atomic mass is 9.94. The fourth-order valence-electron chi connectivity index (χ4n) is 3.12. The van der Waals surface area contributed by atoms with Gasteiger partial charge in [0.15, 0.2) is 0 Å². The Morgan fingerprint density at radius 2 is 2.24 bits per heavy atom. The van der Waals surface area contributed by atoms with Crippen LogP contribution >= 0.6 is 0 Å². The molecule has 2 aliphatic heterocycles. The lowest BCUT2D eigenvalue weighted by Gasteiger charge is -2.29. The SMILES string of the molecule is CC1CCC(CNC(=O)C2COc3ccccc3C2)CN1. The minimum atomic E-state index is -0.0598. The Morgan fingerprint density at radius 1 is 1.38 bits per heavy atom. The van der Waals surface area contributed by atoms with E-state index < -0.39 is 0 Å². The molecule has 0 aromatic heterocycles. The Hall–Kier alpha value is -1.55. The van der Waals surface area contributed by atoms with E-state index in [-0.39, 0.29) is 11.8 Å². The molecule has 1 saturated heterocycles. The van der Waals surface area contributed by atoms with Gasteiger partial charge in [0.1, 0.15) is 12.4 Å². The molecule has 2 aliphatic rings. The molecular formula is C17H24N2O2. The summed E-state index contributed by atoms with van der Waals surface area (Å²) >= 11 is 0. The van der Waals surface area contributed by atoms with Crippen LogP contribution in [-0.4, -0.2) is 31.6 Å². The molecule has 21 heavy (non-hydrogen) atoms. The first-order chi connectivity index (χ1) is 10.2. The number of carbonyl (C=O) groups excluding carboxylic acids is 1. The molecule has 0 radical (unpaired) electrons. The van der Waals surface area contributed by atoms with E-state index in [1.165, 1.54) is 12.8 Å². The lowest BCUT2D eigenvalue weighted by Crippen LogP contribution is -2.44. The second-order valence-electron chi connectivity index (χ2n) is 6.32. The predicted molar refractivity (Wildman–Crippen MR) is 82.3 cm³/mol. The molecule has 1 aromatic rings. The second-order valence-corrected chi connectivity index (χ2v) is 6.32. The van der Waals surface area contributed by atoms with Gasteiger partial charge in [0, 0.05) is 12.6 Å². The van der Waals surface area contributed by atoms with Crippen molar-refractivity contribution >= 4 is 5.91 Å². The number of amides is 1. The summed E-state index contributed by atoms with van der Waals surface area (Å²) in [6.07, 6.45) is 3.17. The molecule has 0 spiro atoms. The Morgan fingerprint density at radius 3 is 3.05 bits per heavy atom. The van der Waals surface area contributed by atoms with Crippen LogP contribution in [0.15, 0.2) is 24.3 Å². The van der Waals surface area contributed by atoms with Crippen LogP contribution < -0.4 is 15.4 Å². The zero-order valence-electron chi connectivity index (χ0n) is 12.6. The highest BCUT2D eigenvalue weighted by atomic mass is 16.5. The van der Waals surface area contributed by atoms with Gasteiger partial charge < -0.3 is 15.4 Å². The van der Waals surface area contributed by atoms with Crippen LogP contribution in [0.3, 0.4) is 0 Å². The first-order valence-corrected chi connectivity index (χ1v) is 7.94. The summed E-state index contributed by atoms with van der Waals surface area (Å²) in [5.74, 6) is 1.55. The largest absolute Gasteiger partial charge is 0.492 e. The van der Waals surface area contributed by atoms with Crippen molar-refractivity contribution in [3.63, 3.8) is 0 Å². The highest BCUT2D eigenvalue weighted by Gasteiger charge is 2.26. The number of hydrogen-bond donors (Lipinski definition) is 2. The van der Waals surface area contributed by atoms with Crippen molar-refractivity contribution in [3.05, 3.63) is 29.8 Å². The minimum absolute atomic E-state index is 0.0598. The number of hydrogen-bond acceptors (Lipinski definition) is 3. The molecule has 3 unspecified atom stereocenters. The van der Waals surface area contributed by atoms with Gasteiger partial charge in [-0.15, -0.1) is 0 Å². The summed E-state index contributed by atoms with van der Waals surface area (Å²) in [5.41, 5.74) is 1.14. The summed E-state index contributed by atoms with van der Waals surface area (Å²) < 4.78 is 5.69. The zero-order valence-corrected chi connectivity index (χ0v) is 12.6. The zero-order chi connectivity index (χ0) is 14.7. The third-order valence-electron chi connectivity index (χ3n) is 4.58. The van der Waals surface area contributed by atoms with E-state index in [1.54, 1.807) is 0 Å². The topological polar surface area (TPSA) is 50.4 Å². The summed E-state index contributed by atoms with van der Waals surface area (Å²) in [6.45, 7) is 4.48. The van der Waals surface area contributed by atoms with Gasteiger partial charge in [-0.3, -0.25) is 4.79 Å². The van der Waals surface area contributed by atoms with Crippen molar-refractivity contribution in [1.29, 1.82) is 0 Å². The number of ether oxygens (including phenoxy) is 1. The third-order valence-corrected chi connectivity index (χ3v) is 4.58. The maximum atomic E-state index is 12.3. The number of benzene rings is 1. The first kappa shape index (κ1) is 14.4. The van der Waals surface area contributed by atoms with E-state index >= 15 is 0 Å². The maximum Gasteiger partial charge on any atom is 0.226 e. The highest BCUT2D eigenvalue weighted by Crippen LogP contribution is 2.26. The molecule has 4 heteroatoms. The van der Waals surface area contributed by atoms with E-state index in [4.69, 9.17) is 4.74 Å². The Labute approximate surface area is 126 Å². The molecule has 4 nitrogen and oxygen atoms in total. The van der Waals surface area contributed by atoms with Crippen LogP contribution in [-0.2, 0) is 11.2 Å². The van der Waals surface area contributed by atoms with E-state index in [0.717, 1.165) is 30.8 Å². The van der Waals surface area contributed by atoms with Gasteiger partial charge in [-0.25, -0.2) is 0 Å². The van der Waals surface area contributed by atoms with Crippen LogP contribution in [0.5, 0.6) is 5.75 Å². The molecule has 0 saturated carbocycles. The molecule has 0 bridgehead atoms. The predicted octanol–water partition coefficient (Wildman–Crippen LogP) is 1.74. The highest BCUT2D eigenvalue weighted by molar-refractivity contribution is 5.79. The fraction of sp³-hybridized carbons (Fsp3) is 0.588. The van der Waals surface area contributed by atoms with Gasteiger partial charge in [-0.05, 0) is 50.3 Å². The third kappa shape index (κ3) is 3.56. The van der Waals surface area contributed by atoms with Crippen LogP contribution in [0, 0.1) is 11.8 Å². The first-order valence-electron chi connectivity index (χ1n) is 7.94. The summed E-state index contributed by atoms with van der Waals surface area (Å²) in [6, 6.07) is 8.59. The summed E-state index contributed by atoms with van der Waals surface area (Å²) in [5, 5.41) is 6.58. The number of carbonyl (C=O) groups is 1. The maximum absolute atomic E-state index is 12.3. The Bertz CT molecular complexity index is 495. The summed E-state index contributed by atoms with van der Waals surface area (Å²) in [4.78, 5) is 12.3.